The molecule has 2 aromatic carbocycles. The van der Waals surface area contributed by atoms with Gasteiger partial charge in [-0.1, -0.05) is 95.5 Å². The Labute approximate surface area is 165 Å². The van der Waals surface area contributed by atoms with Gasteiger partial charge in [0, 0.05) is 0 Å². The summed E-state index contributed by atoms with van der Waals surface area (Å²) in [7, 11) is 0. The zero-order chi connectivity index (χ0) is 19.3. The molecule has 0 aliphatic heterocycles. The molecule has 0 aromatic heterocycles. The third kappa shape index (κ3) is 7.28. The van der Waals surface area contributed by atoms with Crippen molar-refractivity contribution in [3.05, 3.63) is 54.1 Å². The van der Waals surface area contributed by atoms with Crippen LogP contribution in [0, 0.1) is 0 Å². The number of unbranched alkanes of at least 4 members (excludes halogenated alkanes) is 6. The van der Waals surface area contributed by atoms with E-state index in [1.54, 1.807) is 6.07 Å². The van der Waals surface area contributed by atoms with E-state index in [2.05, 4.69) is 26.0 Å². The van der Waals surface area contributed by atoms with Gasteiger partial charge in [-0.15, -0.1) is 0 Å². The van der Waals surface area contributed by atoms with Gasteiger partial charge in [0.2, 0.25) is 0 Å². The highest BCUT2D eigenvalue weighted by Crippen LogP contribution is 2.38. The maximum Gasteiger partial charge on any atom is 0.169 e. The van der Waals surface area contributed by atoms with Gasteiger partial charge in [-0.25, -0.2) is 0 Å². The van der Waals surface area contributed by atoms with E-state index in [4.69, 9.17) is 4.74 Å². The number of phenolic OH excluding ortho intramolecular Hbond substituents is 1. The summed E-state index contributed by atoms with van der Waals surface area (Å²) in [4.78, 5) is 0. The Hall–Kier alpha value is -1.96. The van der Waals surface area contributed by atoms with E-state index in [0.29, 0.717) is 11.7 Å². The van der Waals surface area contributed by atoms with Crippen LogP contribution in [0.2, 0.25) is 0 Å². The van der Waals surface area contributed by atoms with Crippen LogP contribution in [-0.4, -0.2) is 5.11 Å². The molecule has 0 aliphatic rings. The molecule has 0 bridgehead atoms. The van der Waals surface area contributed by atoms with Crippen LogP contribution in [0.15, 0.2) is 48.5 Å². The van der Waals surface area contributed by atoms with Gasteiger partial charge in [0.1, 0.15) is 5.75 Å². The molecule has 0 radical (unpaired) electrons. The molecule has 0 amide bonds. The molecule has 2 aromatic rings. The first-order chi connectivity index (χ1) is 13.3. The maximum absolute atomic E-state index is 10.1. The number of benzene rings is 2. The second-order valence-electron chi connectivity index (χ2n) is 7.50. The van der Waals surface area contributed by atoms with Crippen molar-refractivity contribution in [3.63, 3.8) is 0 Å². The summed E-state index contributed by atoms with van der Waals surface area (Å²) in [5, 5.41) is 10.1. The average Bonchev–Trinajstić information content (AvgIpc) is 2.69. The Balaban J connectivity index is 2.13. The molecular weight excluding hydrogens is 332 g/mol. The summed E-state index contributed by atoms with van der Waals surface area (Å²) in [6, 6.07) is 15.6. The third-order valence-corrected chi connectivity index (χ3v) is 5.26. The second-order valence-corrected chi connectivity index (χ2v) is 7.50. The third-order valence-electron chi connectivity index (χ3n) is 5.26. The summed E-state index contributed by atoms with van der Waals surface area (Å²) in [5.74, 6) is 2.13. The van der Waals surface area contributed by atoms with E-state index in [1.807, 2.05) is 30.3 Å². The minimum absolute atomic E-state index is 0.190. The highest BCUT2D eigenvalue weighted by molar-refractivity contribution is 5.45. The quantitative estimate of drug-likeness (QED) is 0.361. The van der Waals surface area contributed by atoms with Crippen molar-refractivity contribution < 1.29 is 9.84 Å². The monoisotopic (exact) mass is 368 g/mol. The average molecular weight is 369 g/mol. The lowest BCUT2D eigenvalue weighted by molar-refractivity contribution is 0.402. The molecule has 0 aliphatic carbocycles. The van der Waals surface area contributed by atoms with Crippen molar-refractivity contribution in [2.45, 2.75) is 84.0 Å². The zero-order valence-electron chi connectivity index (χ0n) is 17.1. The van der Waals surface area contributed by atoms with Crippen LogP contribution in [0.5, 0.6) is 17.2 Å². The van der Waals surface area contributed by atoms with Crippen molar-refractivity contribution >= 4 is 0 Å². The van der Waals surface area contributed by atoms with Gasteiger partial charge in [-0.3, -0.25) is 0 Å². The summed E-state index contributed by atoms with van der Waals surface area (Å²) in [6.07, 6.45) is 12.8. The lowest BCUT2D eigenvalue weighted by Crippen LogP contribution is -2.02. The fourth-order valence-electron chi connectivity index (χ4n) is 3.66. The number of ether oxygens (including phenoxy) is 1. The number of phenols is 1. The topological polar surface area (TPSA) is 29.5 Å². The molecule has 0 saturated heterocycles. The minimum Gasteiger partial charge on any atom is -0.504 e. The standard InChI is InChI=1S/C25H36O2/c1-3-5-7-9-15-21(16-10-8-6-4-2)22-17-11-13-19-24(22)27-25-20-14-12-18-23(25)26/h11-14,17-21,26H,3-10,15-16H2,1-2H3. The van der Waals surface area contributed by atoms with E-state index < -0.39 is 0 Å². The largest absolute Gasteiger partial charge is 0.504 e. The molecule has 2 rings (SSSR count). The van der Waals surface area contributed by atoms with Gasteiger partial charge in [0.05, 0.1) is 0 Å². The molecule has 0 unspecified atom stereocenters. The van der Waals surface area contributed by atoms with Crippen LogP contribution >= 0.6 is 0 Å². The summed E-state index contributed by atoms with van der Waals surface area (Å²) in [6.45, 7) is 4.52. The van der Waals surface area contributed by atoms with E-state index in [1.165, 1.54) is 69.8 Å². The normalized spacial score (nSPS) is 11.1. The minimum atomic E-state index is 0.190. The summed E-state index contributed by atoms with van der Waals surface area (Å²) >= 11 is 0. The van der Waals surface area contributed by atoms with E-state index in [-0.39, 0.29) is 5.75 Å². The van der Waals surface area contributed by atoms with Gasteiger partial charge in [-0.05, 0) is 42.5 Å². The molecule has 0 spiro atoms. The zero-order valence-corrected chi connectivity index (χ0v) is 17.1. The van der Waals surface area contributed by atoms with Crippen molar-refractivity contribution in [2.75, 3.05) is 0 Å². The van der Waals surface area contributed by atoms with Crippen LogP contribution in [0.3, 0.4) is 0 Å². The van der Waals surface area contributed by atoms with Crippen molar-refractivity contribution in [2.24, 2.45) is 0 Å². The van der Waals surface area contributed by atoms with Gasteiger partial charge in [0.25, 0.3) is 0 Å². The van der Waals surface area contributed by atoms with Crippen LogP contribution < -0.4 is 4.74 Å². The first kappa shape index (κ1) is 21.3. The molecular formula is C25H36O2. The fourth-order valence-corrected chi connectivity index (χ4v) is 3.66. The lowest BCUT2D eigenvalue weighted by atomic mass is 9.87. The summed E-state index contributed by atoms with van der Waals surface area (Å²) in [5.41, 5.74) is 1.29. The second kappa shape index (κ2) is 12.4. The number of aromatic hydroxyl groups is 1. The predicted octanol–water partition coefficient (Wildman–Crippen LogP) is 8.21. The van der Waals surface area contributed by atoms with Crippen molar-refractivity contribution in [3.8, 4) is 17.2 Å². The van der Waals surface area contributed by atoms with Gasteiger partial charge >= 0.3 is 0 Å². The lowest BCUT2D eigenvalue weighted by Gasteiger charge is -2.21. The predicted molar refractivity (Wildman–Crippen MR) is 115 cm³/mol. The molecule has 0 fully saturated rings. The van der Waals surface area contributed by atoms with E-state index in [0.717, 1.165) is 5.75 Å². The Morgan fingerprint density at radius 2 is 1.26 bits per heavy atom. The van der Waals surface area contributed by atoms with E-state index >= 15 is 0 Å². The highest BCUT2D eigenvalue weighted by atomic mass is 16.5. The number of rotatable bonds is 13. The van der Waals surface area contributed by atoms with Crippen LogP contribution in [0.4, 0.5) is 0 Å². The Morgan fingerprint density at radius 1 is 0.704 bits per heavy atom. The maximum atomic E-state index is 10.1. The molecule has 27 heavy (non-hydrogen) atoms. The molecule has 2 heteroatoms. The number of hydrogen-bond donors (Lipinski definition) is 1. The van der Waals surface area contributed by atoms with Crippen LogP contribution in [0.25, 0.3) is 0 Å². The SMILES string of the molecule is CCCCCCC(CCCCCC)c1ccccc1Oc1ccccc1O. The smallest absolute Gasteiger partial charge is 0.169 e. The summed E-state index contributed by atoms with van der Waals surface area (Å²) < 4.78 is 6.13. The number of hydrogen-bond acceptors (Lipinski definition) is 2. The molecule has 2 nitrogen and oxygen atoms in total. The van der Waals surface area contributed by atoms with Crippen LogP contribution in [-0.2, 0) is 0 Å². The Kier molecular flexibility index (Phi) is 9.83. The molecule has 0 saturated carbocycles. The van der Waals surface area contributed by atoms with Crippen molar-refractivity contribution in [1.29, 1.82) is 0 Å². The molecule has 148 valence electrons. The fraction of sp³-hybridized carbons (Fsp3) is 0.520. The van der Waals surface area contributed by atoms with Gasteiger partial charge in [0.15, 0.2) is 11.5 Å². The molecule has 0 heterocycles. The Morgan fingerprint density at radius 3 is 1.85 bits per heavy atom. The van der Waals surface area contributed by atoms with Crippen molar-refractivity contribution in [1.82, 2.24) is 0 Å². The van der Waals surface area contributed by atoms with Crippen LogP contribution in [0.1, 0.15) is 89.5 Å². The highest BCUT2D eigenvalue weighted by Gasteiger charge is 2.17. The van der Waals surface area contributed by atoms with E-state index in [9.17, 15) is 5.11 Å². The molecule has 0 atom stereocenters. The van der Waals surface area contributed by atoms with Gasteiger partial charge < -0.3 is 9.84 Å². The van der Waals surface area contributed by atoms with Gasteiger partial charge in [-0.2, -0.15) is 0 Å². The number of para-hydroxylation sites is 3. The first-order valence-corrected chi connectivity index (χ1v) is 10.8. The molecule has 1 N–H and O–H groups in total. The first-order valence-electron chi connectivity index (χ1n) is 10.8. The Bertz CT molecular complexity index is 638.